The van der Waals surface area contributed by atoms with Crippen molar-refractivity contribution >= 4 is 11.5 Å². The van der Waals surface area contributed by atoms with Gasteiger partial charge >= 0.3 is 5.97 Å². The highest BCUT2D eigenvalue weighted by Crippen LogP contribution is 2.19. The zero-order valence-electron chi connectivity index (χ0n) is 10.1. The number of carboxylic acid groups (broad SMARTS) is 1. The van der Waals surface area contributed by atoms with E-state index in [4.69, 9.17) is 9.84 Å². The molecule has 18 heavy (non-hydrogen) atoms. The molecule has 0 saturated carbocycles. The summed E-state index contributed by atoms with van der Waals surface area (Å²) < 4.78 is 6.73. The number of pyridine rings is 1. The van der Waals surface area contributed by atoms with Gasteiger partial charge in [-0.05, 0) is 19.1 Å². The van der Waals surface area contributed by atoms with Crippen LogP contribution >= 0.6 is 0 Å². The van der Waals surface area contributed by atoms with Crippen molar-refractivity contribution in [1.82, 2.24) is 9.38 Å². The summed E-state index contributed by atoms with van der Waals surface area (Å²) in [5, 5.41) is 18.5. The molecule has 0 saturated heterocycles. The van der Waals surface area contributed by atoms with Crippen LogP contribution in [-0.4, -0.2) is 38.8 Å². The Morgan fingerprint density at radius 2 is 2.28 bits per heavy atom. The minimum absolute atomic E-state index is 0.0201. The number of imidazole rings is 1. The summed E-state index contributed by atoms with van der Waals surface area (Å²) in [4.78, 5) is 15.2. The van der Waals surface area contributed by atoms with Gasteiger partial charge in [0.05, 0.1) is 24.9 Å². The second kappa shape index (κ2) is 4.66. The molecule has 6 heteroatoms. The number of ether oxygens (including phenoxy) is 1. The van der Waals surface area contributed by atoms with E-state index >= 15 is 0 Å². The average Bonchev–Trinajstić information content (AvgIpc) is 2.67. The van der Waals surface area contributed by atoms with Crippen LogP contribution in [0.5, 0.6) is 5.75 Å². The van der Waals surface area contributed by atoms with Crippen LogP contribution in [0.3, 0.4) is 0 Å². The van der Waals surface area contributed by atoms with Crippen molar-refractivity contribution in [2.24, 2.45) is 0 Å². The van der Waals surface area contributed by atoms with Gasteiger partial charge < -0.3 is 14.9 Å². The molecule has 2 rings (SSSR count). The Labute approximate surface area is 103 Å². The van der Waals surface area contributed by atoms with Gasteiger partial charge in [-0.1, -0.05) is 0 Å². The Balaban J connectivity index is 2.64. The lowest BCUT2D eigenvalue weighted by Gasteiger charge is -2.05. The second-order valence-electron chi connectivity index (χ2n) is 4.06. The van der Waals surface area contributed by atoms with E-state index < -0.39 is 12.1 Å². The molecule has 0 spiro atoms. The first-order chi connectivity index (χ1) is 8.52. The molecule has 0 aliphatic heterocycles. The third-order valence-corrected chi connectivity index (χ3v) is 2.60. The van der Waals surface area contributed by atoms with E-state index in [0.717, 1.165) is 0 Å². The highest BCUT2D eigenvalue weighted by molar-refractivity contribution is 5.93. The van der Waals surface area contributed by atoms with Crippen LogP contribution in [0.2, 0.25) is 0 Å². The van der Waals surface area contributed by atoms with Crippen molar-refractivity contribution < 1.29 is 19.7 Å². The maximum absolute atomic E-state index is 11.1. The molecule has 2 aromatic heterocycles. The van der Waals surface area contributed by atoms with Gasteiger partial charge in [0.15, 0.2) is 5.69 Å². The van der Waals surface area contributed by atoms with E-state index in [2.05, 4.69) is 4.98 Å². The van der Waals surface area contributed by atoms with Crippen molar-refractivity contribution in [1.29, 1.82) is 0 Å². The van der Waals surface area contributed by atoms with Gasteiger partial charge in [0.1, 0.15) is 11.6 Å². The minimum Gasteiger partial charge on any atom is -0.495 e. The summed E-state index contributed by atoms with van der Waals surface area (Å²) in [6.45, 7) is 1.63. The zero-order valence-corrected chi connectivity index (χ0v) is 10.1. The number of fused-ring (bicyclic) bond motifs is 1. The molecule has 0 bridgehead atoms. The van der Waals surface area contributed by atoms with E-state index in [1.807, 2.05) is 0 Å². The summed E-state index contributed by atoms with van der Waals surface area (Å²) in [5.41, 5.74) is 0.465. The van der Waals surface area contributed by atoms with Gasteiger partial charge in [-0.25, -0.2) is 9.78 Å². The number of carbonyl (C=O) groups is 1. The fraction of sp³-hybridized carbons (Fsp3) is 0.333. The number of aliphatic hydroxyl groups excluding tert-OH is 1. The monoisotopic (exact) mass is 250 g/mol. The van der Waals surface area contributed by atoms with Crippen LogP contribution in [0.4, 0.5) is 0 Å². The Morgan fingerprint density at radius 1 is 1.56 bits per heavy atom. The molecule has 0 amide bonds. The SMILES string of the molecule is COc1ccc2c(C(=O)O)nc(CC(C)O)n2c1. The first-order valence-electron chi connectivity index (χ1n) is 5.49. The topological polar surface area (TPSA) is 84.1 Å². The average molecular weight is 250 g/mol. The van der Waals surface area contributed by atoms with Crippen molar-refractivity contribution in [3.8, 4) is 5.75 Å². The lowest BCUT2D eigenvalue weighted by molar-refractivity contribution is 0.0692. The Kier molecular flexibility index (Phi) is 3.20. The van der Waals surface area contributed by atoms with Gasteiger partial charge in [0.25, 0.3) is 0 Å². The lowest BCUT2D eigenvalue weighted by atomic mass is 10.3. The van der Waals surface area contributed by atoms with Crippen LogP contribution in [0.25, 0.3) is 5.52 Å². The molecule has 0 radical (unpaired) electrons. The molecular weight excluding hydrogens is 236 g/mol. The van der Waals surface area contributed by atoms with E-state index in [9.17, 15) is 9.90 Å². The van der Waals surface area contributed by atoms with Gasteiger partial charge in [-0.3, -0.25) is 4.40 Å². The third-order valence-electron chi connectivity index (χ3n) is 2.60. The number of nitrogens with zero attached hydrogens (tertiary/aromatic N) is 2. The first kappa shape index (κ1) is 12.4. The first-order valence-corrected chi connectivity index (χ1v) is 5.49. The number of rotatable bonds is 4. The van der Waals surface area contributed by atoms with Gasteiger partial charge in [0, 0.05) is 6.42 Å². The number of aliphatic hydroxyl groups is 1. The number of methoxy groups -OCH3 is 1. The van der Waals surface area contributed by atoms with E-state index in [0.29, 0.717) is 17.1 Å². The molecule has 96 valence electrons. The summed E-state index contributed by atoms with van der Waals surface area (Å²) >= 11 is 0. The standard InChI is InChI=1S/C12H14N2O4/c1-7(15)5-10-13-11(12(16)17)9-4-3-8(18-2)6-14(9)10/h3-4,6-7,15H,5H2,1-2H3,(H,16,17). The molecule has 2 N–H and O–H groups in total. The molecule has 1 atom stereocenters. The normalized spacial score (nSPS) is 12.6. The number of aromatic carboxylic acids is 1. The number of hydrogen-bond donors (Lipinski definition) is 2. The summed E-state index contributed by atoms with van der Waals surface area (Å²) in [6, 6.07) is 3.32. The zero-order chi connectivity index (χ0) is 13.3. The Hall–Kier alpha value is -2.08. The molecule has 1 unspecified atom stereocenters. The van der Waals surface area contributed by atoms with Crippen molar-refractivity contribution in [2.75, 3.05) is 7.11 Å². The van der Waals surface area contributed by atoms with E-state index in [-0.39, 0.29) is 12.1 Å². The molecular formula is C12H14N2O4. The summed E-state index contributed by atoms with van der Waals surface area (Å²) in [6.07, 6.45) is 1.34. The fourth-order valence-electron chi connectivity index (χ4n) is 1.81. The van der Waals surface area contributed by atoms with Gasteiger partial charge in [-0.15, -0.1) is 0 Å². The third kappa shape index (κ3) is 2.14. The molecule has 0 aliphatic rings. The maximum Gasteiger partial charge on any atom is 0.356 e. The van der Waals surface area contributed by atoms with Crippen molar-refractivity contribution in [3.05, 3.63) is 29.8 Å². The Morgan fingerprint density at radius 3 is 2.83 bits per heavy atom. The minimum atomic E-state index is -1.09. The van der Waals surface area contributed by atoms with Crippen LogP contribution < -0.4 is 4.74 Å². The van der Waals surface area contributed by atoms with Gasteiger partial charge in [0.2, 0.25) is 0 Å². The molecule has 0 fully saturated rings. The van der Waals surface area contributed by atoms with E-state index in [1.165, 1.54) is 7.11 Å². The second-order valence-corrected chi connectivity index (χ2v) is 4.06. The number of carboxylic acids is 1. The van der Waals surface area contributed by atoms with Crippen LogP contribution in [-0.2, 0) is 6.42 Å². The molecule has 2 heterocycles. The number of hydrogen-bond acceptors (Lipinski definition) is 4. The predicted octanol–water partition coefficient (Wildman–Crippen LogP) is 0.964. The van der Waals surface area contributed by atoms with Crippen LogP contribution in [0.15, 0.2) is 18.3 Å². The predicted molar refractivity (Wildman–Crippen MR) is 64.1 cm³/mol. The molecule has 2 aromatic rings. The highest BCUT2D eigenvalue weighted by atomic mass is 16.5. The lowest BCUT2D eigenvalue weighted by Crippen LogP contribution is -2.08. The fourth-order valence-corrected chi connectivity index (χ4v) is 1.81. The van der Waals surface area contributed by atoms with Crippen LogP contribution in [0.1, 0.15) is 23.2 Å². The molecule has 0 aromatic carbocycles. The Bertz CT molecular complexity index is 589. The summed E-state index contributed by atoms with van der Waals surface area (Å²) in [7, 11) is 1.53. The summed E-state index contributed by atoms with van der Waals surface area (Å²) in [5.74, 6) is 0.00879. The highest BCUT2D eigenvalue weighted by Gasteiger charge is 2.17. The number of aromatic nitrogens is 2. The maximum atomic E-state index is 11.1. The largest absolute Gasteiger partial charge is 0.495 e. The van der Waals surface area contributed by atoms with Gasteiger partial charge in [-0.2, -0.15) is 0 Å². The van der Waals surface area contributed by atoms with Crippen LogP contribution in [0, 0.1) is 0 Å². The molecule has 6 nitrogen and oxygen atoms in total. The van der Waals surface area contributed by atoms with Crippen molar-refractivity contribution in [2.45, 2.75) is 19.4 Å². The van der Waals surface area contributed by atoms with E-state index in [1.54, 1.807) is 29.7 Å². The van der Waals surface area contributed by atoms with Crippen molar-refractivity contribution in [3.63, 3.8) is 0 Å². The molecule has 0 aliphatic carbocycles. The smallest absolute Gasteiger partial charge is 0.356 e. The quantitative estimate of drug-likeness (QED) is 0.844.